The van der Waals surface area contributed by atoms with Gasteiger partial charge in [-0.15, -0.1) is 11.8 Å². The molecule has 19 heavy (non-hydrogen) atoms. The van der Waals surface area contributed by atoms with Crippen LogP contribution >= 0.6 is 11.8 Å². The summed E-state index contributed by atoms with van der Waals surface area (Å²) >= 11 is 1.77. The second kappa shape index (κ2) is 7.90. The van der Waals surface area contributed by atoms with Gasteiger partial charge in [0.15, 0.2) is 0 Å². The summed E-state index contributed by atoms with van der Waals surface area (Å²) in [5.74, 6) is 0. The molecule has 0 saturated carbocycles. The molecule has 106 valence electrons. The summed E-state index contributed by atoms with van der Waals surface area (Å²) in [5.41, 5.74) is 1.32. The highest BCUT2D eigenvalue weighted by molar-refractivity contribution is 7.98. The minimum atomic E-state index is 0.232. The van der Waals surface area contributed by atoms with E-state index in [-0.39, 0.29) is 6.61 Å². The molecule has 0 bridgehead atoms. The first kappa shape index (κ1) is 14.9. The summed E-state index contributed by atoms with van der Waals surface area (Å²) in [6, 6.07) is 9.32. The van der Waals surface area contributed by atoms with Crippen LogP contribution < -0.4 is 5.32 Å². The number of hydrogen-bond acceptors (Lipinski definition) is 4. The first-order chi connectivity index (χ1) is 9.31. The summed E-state index contributed by atoms with van der Waals surface area (Å²) in [6.45, 7) is 4.08. The Morgan fingerprint density at radius 1 is 1.37 bits per heavy atom. The van der Waals surface area contributed by atoms with E-state index in [1.807, 2.05) is 0 Å². The molecular formula is C15H24N2OS. The van der Waals surface area contributed by atoms with Crippen LogP contribution in [0.25, 0.3) is 0 Å². The van der Waals surface area contributed by atoms with Gasteiger partial charge in [0.1, 0.15) is 0 Å². The van der Waals surface area contributed by atoms with E-state index in [0.29, 0.717) is 6.04 Å². The highest BCUT2D eigenvalue weighted by Gasteiger charge is 2.17. The monoisotopic (exact) mass is 280 g/mol. The van der Waals surface area contributed by atoms with Gasteiger partial charge in [0.25, 0.3) is 0 Å². The Labute approximate surface area is 120 Å². The van der Waals surface area contributed by atoms with Crippen molar-refractivity contribution < 1.29 is 5.11 Å². The van der Waals surface area contributed by atoms with Crippen molar-refractivity contribution >= 4 is 11.8 Å². The van der Waals surface area contributed by atoms with Crippen molar-refractivity contribution in [3.05, 3.63) is 29.8 Å². The van der Waals surface area contributed by atoms with Crippen molar-refractivity contribution in [2.24, 2.45) is 0 Å². The predicted octanol–water partition coefficient (Wildman–Crippen LogP) is 1.95. The van der Waals surface area contributed by atoms with Gasteiger partial charge in [-0.1, -0.05) is 12.1 Å². The molecule has 1 aliphatic rings. The lowest BCUT2D eigenvalue weighted by atomic mass is 10.1. The Hall–Kier alpha value is -0.550. The molecular weight excluding hydrogens is 256 g/mol. The number of aliphatic hydroxyl groups is 1. The van der Waals surface area contributed by atoms with Crippen molar-refractivity contribution in [3.63, 3.8) is 0 Å². The van der Waals surface area contributed by atoms with Crippen LogP contribution in [0.2, 0.25) is 0 Å². The second-order valence-electron chi connectivity index (χ2n) is 5.10. The third-order valence-corrected chi connectivity index (χ3v) is 4.37. The number of rotatable bonds is 7. The smallest absolute Gasteiger partial charge is 0.0558 e. The average molecular weight is 280 g/mol. The molecule has 0 spiro atoms. The lowest BCUT2D eigenvalue weighted by Crippen LogP contribution is -2.38. The van der Waals surface area contributed by atoms with E-state index >= 15 is 0 Å². The molecule has 1 heterocycles. The van der Waals surface area contributed by atoms with E-state index in [0.717, 1.165) is 26.2 Å². The first-order valence-corrected chi connectivity index (χ1v) is 8.24. The third-order valence-electron chi connectivity index (χ3n) is 3.62. The maximum Gasteiger partial charge on any atom is 0.0558 e. The van der Waals surface area contributed by atoms with Gasteiger partial charge in [-0.05, 0) is 43.3 Å². The van der Waals surface area contributed by atoms with Crippen molar-refractivity contribution in [1.29, 1.82) is 0 Å². The quantitative estimate of drug-likeness (QED) is 0.749. The molecule has 0 amide bonds. The fourth-order valence-electron chi connectivity index (χ4n) is 2.59. The minimum Gasteiger partial charge on any atom is -0.395 e. The minimum absolute atomic E-state index is 0.232. The zero-order valence-electron chi connectivity index (χ0n) is 11.6. The molecule has 0 radical (unpaired) electrons. The highest BCUT2D eigenvalue weighted by Crippen LogP contribution is 2.16. The largest absolute Gasteiger partial charge is 0.395 e. The van der Waals surface area contributed by atoms with Crippen molar-refractivity contribution in [3.8, 4) is 0 Å². The zero-order valence-corrected chi connectivity index (χ0v) is 12.5. The standard InChI is InChI=1S/C15H24N2OS/c1-19-15-6-4-13(5-7-15)11-17(9-10-18)12-14-3-2-8-16-14/h4-7,14,16,18H,2-3,8-12H2,1H3. The lowest BCUT2D eigenvalue weighted by molar-refractivity contribution is 0.179. The Bertz CT molecular complexity index is 363. The molecule has 1 atom stereocenters. The summed E-state index contributed by atoms with van der Waals surface area (Å²) < 4.78 is 0. The van der Waals surface area contributed by atoms with Crippen LogP contribution in [-0.4, -0.2) is 48.5 Å². The second-order valence-corrected chi connectivity index (χ2v) is 5.98. The van der Waals surface area contributed by atoms with Crippen molar-refractivity contribution in [2.45, 2.75) is 30.3 Å². The number of thioether (sulfide) groups is 1. The van der Waals surface area contributed by atoms with Gasteiger partial charge >= 0.3 is 0 Å². The van der Waals surface area contributed by atoms with E-state index in [1.54, 1.807) is 11.8 Å². The van der Waals surface area contributed by atoms with Crippen LogP contribution in [0.1, 0.15) is 18.4 Å². The maximum absolute atomic E-state index is 9.21. The molecule has 1 unspecified atom stereocenters. The predicted molar refractivity (Wildman–Crippen MR) is 81.6 cm³/mol. The molecule has 2 N–H and O–H groups in total. The van der Waals surface area contributed by atoms with Gasteiger partial charge in [0.05, 0.1) is 6.61 Å². The molecule has 3 nitrogen and oxygen atoms in total. The number of nitrogens with one attached hydrogen (secondary N) is 1. The molecule has 1 aromatic carbocycles. The Morgan fingerprint density at radius 3 is 2.74 bits per heavy atom. The number of nitrogens with zero attached hydrogens (tertiary/aromatic N) is 1. The topological polar surface area (TPSA) is 35.5 Å². The van der Waals surface area contributed by atoms with Gasteiger partial charge in [-0.3, -0.25) is 4.90 Å². The zero-order chi connectivity index (χ0) is 13.5. The van der Waals surface area contributed by atoms with Crippen LogP contribution in [0.4, 0.5) is 0 Å². The van der Waals surface area contributed by atoms with E-state index < -0.39 is 0 Å². The average Bonchev–Trinajstić information content (AvgIpc) is 2.93. The number of aliphatic hydroxyl groups excluding tert-OH is 1. The van der Waals surface area contributed by atoms with Gasteiger partial charge in [0.2, 0.25) is 0 Å². The first-order valence-electron chi connectivity index (χ1n) is 7.01. The van der Waals surface area contributed by atoms with Gasteiger partial charge in [-0.2, -0.15) is 0 Å². The summed E-state index contributed by atoms with van der Waals surface area (Å²) in [6.07, 6.45) is 4.63. The maximum atomic E-state index is 9.21. The SMILES string of the molecule is CSc1ccc(CN(CCO)CC2CCCN2)cc1. The molecule has 1 fully saturated rings. The molecule has 1 saturated heterocycles. The van der Waals surface area contributed by atoms with E-state index in [9.17, 15) is 5.11 Å². The number of hydrogen-bond donors (Lipinski definition) is 2. The van der Waals surface area contributed by atoms with Crippen LogP contribution in [-0.2, 0) is 6.54 Å². The molecule has 2 rings (SSSR count). The summed E-state index contributed by atoms with van der Waals surface area (Å²) in [4.78, 5) is 3.65. The van der Waals surface area contributed by atoms with Gasteiger partial charge in [-0.25, -0.2) is 0 Å². The molecule has 0 aromatic heterocycles. The van der Waals surface area contributed by atoms with E-state index in [1.165, 1.54) is 23.3 Å². The summed E-state index contributed by atoms with van der Waals surface area (Å²) in [5, 5.41) is 12.7. The summed E-state index contributed by atoms with van der Waals surface area (Å²) in [7, 11) is 0. The van der Waals surface area contributed by atoms with Crippen molar-refractivity contribution in [2.75, 3.05) is 32.5 Å². The Balaban J connectivity index is 1.90. The Morgan fingerprint density at radius 2 is 2.16 bits per heavy atom. The van der Waals surface area contributed by atoms with Gasteiger partial charge < -0.3 is 10.4 Å². The number of benzene rings is 1. The van der Waals surface area contributed by atoms with Gasteiger partial charge in [0, 0.05) is 30.6 Å². The molecule has 1 aliphatic heterocycles. The van der Waals surface area contributed by atoms with Crippen LogP contribution in [0.5, 0.6) is 0 Å². The van der Waals surface area contributed by atoms with Crippen LogP contribution in [0, 0.1) is 0 Å². The molecule has 0 aliphatic carbocycles. The highest BCUT2D eigenvalue weighted by atomic mass is 32.2. The van der Waals surface area contributed by atoms with Crippen LogP contribution in [0.3, 0.4) is 0 Å². The van der Waals surface area contributed by atoms with E-state index in [2.05, 4.69) is 40.7 Å². The van der Waals surface area contributed by atoms with Crippen molar-refractivity contribution in [1.82, 2.24) is 10.2 Å². The third kappa shape index (κ3) is 4.80. The fourth-order valence-corrected chi connectivity index (χ4v) is 3.00. The van der Waals surface area contributed by atoms with Crippen LogP contribution in [0.15, 0.2) is 29.2 Å². The molecule has 1 aromatic rings. The normalized spacial score (nSPS) is 19.2. The lowest BCUT2D eigenvalue weighted by Gasteiger charge is -2.25. The Kier molecular flexibility index (Phi) is 6.17. The van der Waals surface area contributed by atoms with E-state index in [4.69, 9.17) is 0 Å². The fraction of sp³-hybridized carbons (Fsp3) is 0.600. The molecule has 4 heteroatoms.